The molecule has 4 heteroatoms. The number of carbonyl (C=O) groups is 1. The van der Waals surface area contributed by atoms with Crippen LogP contribution in [0.3, 0.4) is 0 Å². The number of thioether (sulfide) groups is 1. The molecule has 0 bridgehead atoms. The SMILES string of the molecule is Cc1ccc(NC(=O)CSc2cccc(N)c2C)cc1C. The van der Waals surface area contributed by atoms with Crippen LogP contribution in [0.2, 0.25) is 0 Å². The topological polar surface area (TPSA) is 55.1 Å². The van der Waals surface area contributed by atoms with Gasteiger partial charge in [0, 0.05) is 16.3 Å². The van der Waals surface area contributed by atoms with Crippen molar-refractivity contribution < 1.29 is 4.79 Å². The number of carbonyl (C=O) groups excluding carboxylic acids is 1. The van der Waals surface area contributed by atoms with Crippen LogP contribution in [0.25, 0.3) is 0 Å². The number of amides is 1. The summed E-state index contributed by atoms with van der Waals surface area (Å²) in [5.74, 6) is 0.363. The molecular formula is C17H20N2OS. The van der Waals surface area contributed by atoms with Gasteiger partial charge in [0.05, 0.1) is 5.75 Å². The molecule has 0 aromatic heterocycles. The molecule has 1 amide bonds. The maximum absolute atomic E-state index is 12.0. The molecule has 3 nitrogen and oxygen atoms in total. The van der Waals surface area contributed by atoms with Crippen LogP contribution in [-0.2, 0) is 4.79 Å². The molecule has 0 unspecified atom stereocenters. The van der Waals surface area contributed by atoms with Gasteiger partial charge in [-0.3, -0.25) is 4.79 Å². The normalized spacial score (nSPS) is 10.4. The van der Waals surface area contributed by atoms with E-state index in [4.69, 9.17) is 5.73 Å². The van der Waals surface area contributed by atoms with Crippen molar-refractivity contribution in [3.8, 4) is 0 Å². The van der Waals surface area contributed by atoms with Crippen LogP contribution in [-0.4, -0.2) is 11.7 Å². The van der Waals surface area contributed by atoms with Gasteiger partial charge in [0.15, 0.2) is 0 Å². The molecule has 0 spiro atoms. The summed E-state index contributed by atoms with van der Waals surface area (Å²) in [6.07, 6.45) is 0. The molecule has 21 heavy (non-hydrogen) atoms. The zero-order valence-corrected chi connectivity index (χ0v) is 13.4. The Morgan fingerprint density at radius 3 is 2.62 bits per heavy atom. The van der Waals surface area contributed by atoms with Gasteiger partial charge < -0.3 is 11.1 Å². The lowest BCUT2D eigenvalue weighted by Crippen LogP contribution is -2.14. The zero-order valence-electron chi connectivity index (χ0n) is 12.6. The Balaban J connectivity index is 1.96. The number of nitrogens with two attached hydrogens (primary N) is 1. The summed E-state index contributed by atoms with van der Waals surface area (Å²) < 4.78 is 0. The number of nitrogens with one attached hydrogen (secondary N) is 1. The summed E-state index contributed by atoms with van der Waals surface area (Å²) in [6, 6.07) is 11.7. The van der Waals surface area contributed by atoms with Crippen molar-refractivity contribution >= 4 is 29.0 Å². The van der Waals surface area contributed by atoms with E-state index < -0.39 is 0 Å². The first kappa shape index (κ1) is 15.4. The van der Waals surface area contributed by atoms with Gasteiger partial charge in [-0.1, -0.05) is 12.1 Å². The lowest BCUT2D eigenvalue weighted by atomic mass is 10.1. The van der Waals surface area contributed by atoms with Crippen LogP contribution < -0.4 is 11.1 Å². The fraction of sp³-hybridized carbons (Fsp3) is 0.235. The van der Waals surface area contributed by atoms with Crippen LogP contribution in [0.5, 0.6) is 0 Å². The summed E-state index contributed by atoms with van der Waals surface area (Å²) in [4.78, 5) is 13.1. The van der Waals surface area contributed by atoms with Gasteiger partial charge in [0.2, 0.25) is 5.91 Å². The fourth-order valence-corrected chi connectivity index (χ4v) is 2.82. The fourth-order valence-electron chi connectivity index (χ4n) is 1.95. The van der Waals surface area contributed by atoms with Crippen LogP contribution >= 0.6 is 11.8 Å². The van der Waals surface area contributed by atoms with Crippen molar-refractivity contribution in [2.24, 2.45) is 0 Å². The third kappa shape index (κ3) is 4.02. The quantitative estimate of drug-likeness (QED) is 0.664. The summed E-state index contributed by atoms with van der Waals surface area (Å²) in [5.41, 5.74) is 10.9. The molecule has 3 N–H and O–H groups in total. The summed E-state index contributed by atoms with van der Waals surface area (Å²) in [6.45, 7) is 6.06. The largest absolute Gasteiger partial charge is 0.398 e. The van der Waals surface area contributed by atoms with Gasteiger partial charge in [-0.05, 0) is 61.7 Å². The standard InChI is InChI=1S/C17H20N2OS/c1-11-7-8-14(9-12(11)2)19-17(20)10-21-16-6-4-5-15(18)13(16)3/h4-9H,10,18H2,1-3H3,(H,19,20). The highest BCUT2D eigenvalue weighted by Crippen LogP contribution is 2.26. The Morgan fingerprint density at radius 1 is 1.14 bits per heavy atom. The van der Waals surface area contributed by atoms with Gasteiger partial charge in [-0.25, -0.2) is 0 Å². The molecule has 0 saturated carbocycles. The minimum absolute atomic E-state index is 0.00919. The first-order valence-electron chi connectivity index (χ1n) is 6.82. The number of hydrogen-bond donors (Lipinski definition) is 2. The Morgan fingerprint density at radius 2 is 1.90 bits per heavy atom. The van der Waals surface area contributed by atoms with Crippen LogP contribution in [0.1, 0.15) is 16.7 Å². The molecule has 0 fully saturated rings. The molecule has 0 aliphatic rings. The highest BCUT2D eigenvalue weighted by atomic mass is 32.2. The van der Waals surface area contributed by atoms with Crippen molar-refractivity contribution in [3.05, 3.63) is 53.1 Å². The molecule has 2 aromatic rings. The monoisotopic (exact) mass is 300 g/mol. The molecule has 0 atom stereocenters. The van der Waals surface area contributed by atoms with Gasteiger partial charge >= 0.3 is 0 Å². The Kier molecular flexibility index (Phi) is 4.91. The van der Waals surface area contributed by atoms with Crippen LogP contribution in [0.4, 0.5) is 11.4 Å². The Hall–Kier alpha value is -1.94. The third-order valence-electron chi connectivity index (χ3n) is 3.48. The number of rotatable bonds is 4. The highest BCUT2D eigenvalue weighted by Gasteiger charge is 2.07. The van der Waals surface area contributed by atoms with Crippen LogP contribution in [0.15, 0.2) is 41.3 Å². The first-order valence-corrected chi connectivity index (χ1v) is 7.81. The lowest BCUT2D eigenvalue weighted by molar-refractivity contribution is -0.113. The Bertz CT molecular complexity index is 668. The second-order valence-electron chi connectivity index (χ2n) is 5.11. The maximum atomic E-state index is 12.0. The second-order valence-corrected chi connectivity index (χ2v) is 6.12. The number of aryl methyl sites for hydroxylation is 2. The molecule has 2 aromatic carbocycles. The molecule has 0 saturated heterocycles. The molecule has 2 rings (SSSR count). The molecule has 110 valence electrons. The average Bonchev–Trinajstić information content (AvgIpc) is 2.44. The number of hydrogen-bond acceptors (Lipinski definition) is 3. The van der Waals surface area contributed by atoms with Gasteiger partial charge in [0.1, 0.15) is 0 Å². The predicted octanol–water partition coefficient (Wildman–Crippen LogP) is 3.92. The average molecular weight is 300 g/mol. The molecule has 0 radical (unpaired) electrons. The molecule has 0 aliphatic carbocycles. The molecule has 0 aliphatic heterocycles. The van der Waals surface area contributed by atoms with E-state index in [1.165, 1.54) is 22.9 Å². The third-order valence-corrected chi connectivity index (χ3v) is 4.64. The first-order chi connectivity index (χ1) is 9.97. The number of nitrogen functional groups attached to an aromatic ring is 1. The van der Waals surface area contributed by atoms with Gasteiger partial charge in [-0.2, -0.15) is 0 Å². The van der Waals surface area contributed by atoms with Crippen molar-refractivity contribution in [2.75, 3.05) is 16.8 Å². The minimum Gasteiger partial charge on any atom is -0.398 e. The van der Waals surface area contributed by atoms with Crippen molar-refractivity contribution in [3.63, 3.8) is 0 Å². The number of anilines is 2. The lowest BCUT2D eigenvalue weighted by Gasteiger charge is -2.09. The van der Waals surface area contributed by atoms with E-state index in [0.29, 0.717) is 5.75 Å². The van der Waals surface area contributed by atoms with Crippen LogP contribution in [0, 0.1) is 20.8 Å². The van der Waals surface area contributed by atoms with E-state index in [0.717, 1.165) is 21.8 Å². The second kappa shape index (κ2) is 6.68. The minimum atomic E-state index is -0.00919. The highest BCUT2D eigenvalue weighted by molar-refractivity contribution is 8.00. The van der Waals surface area contributed by atoms with Crippen molar-refractivity contribution in [1.82, 2.24) is 0 Å². The summed E-state index contributed by atoms with van der Waals surface area (Å²) in [7, 11) is 0. The zero-order chi connectivity index (χ0) is 15.4. The van der Waals surface area contributed by atoms with E-state index in [2.05, 4.69) is 12.2 Å². The molecule has 0 heterocycles. The van der Waals surface area contributed by atoms with Crippen molar-refractivity contribution in [2.45, 2.75) is 25.7 Å². The number of benzene rings is 2. The molecular weight excluding hydrogens is 280 g/mol. The smallest absolute Gasteiger partial charge is 0.234 e. The van der Waals surface area contributed by atoms with E-state index in [1.54, 1.807) is 0 Å². The van der Waals surface area contributed by atoms with Gasteiger partial charge in [-0.15, -0.1) is 11.8 Å². The summed E-state index contributed by atoms with van der Waals surface area (Å²) >= 11 is 1.50. The maximum Gasteiger partial charge on any atom is 0.234 e. The van der Waals surface area contributed by atoms with Crippen molar-refractivity contribution in [1.29, 1.82) is 0 Å². The van der Waals surface area contributed by atoms with E-state index in [1.807, 2.05) is 50.2 Å². The van der Waals surface area contributed by atoms with Gasteiger partial charge in [0.25, 0.3) is 0 Å². The predicted molar refractivity (Wildman–Crippen MR) is 90.9 cm³/mol. The van der Waals surface area contributed by atoms with E-state index in [9.17, 15) is 4.79 Å². The van der Waals surface area contributed by atoms with E-state index >= 15 is 0 Å². The van der Waals surface area contributed by atoms with E-state index in [-0.39, 0.29) is 5.91 Å². The summed E-state index contributed by atoms with van der Waals surface area (Å²) in [5, 5.41) is 2.92. The Labute approximate surface area is 129 Å².